The van der Waals surface area contributed by atoms with Crippen LogP contribution in [0.4, 0.5) is 0 Å². The van der Waals surface area contributed by atoms with Gasteiger partial charge in [0.1, 0.15) is 9.79 Å². The third-order valence-corrected chi connectivity index (χ3v) is 5.69. The van der Waals surface area contributed by atoms with Gasteiger partial charge in [0.05, 0.1) is 4.90 Å². The van der Waals surface area contributed by atoms with Crippen LogP contribution >= 0.6 is 0 Å². The molecule has 9 nitrogen and oxygen atoms in total. The summed E-state index contributed by atoms with van der Waals surface area (Å²) in [6.45, 7) is 1.39. The van der Waals surface area contributed by atoms with Gasteiger partial charge in [0.25, 0.3) is 30.4 Å². The summed E-state index contributed by atoms with van der Waals surface area (Å²) in [6, 6.07) is 3.30. The first kappa shape index (κ1) is 17.8. The van der Waals surface area contributed by atoms with Crippen LogP contribution in [0.15, 0.2) is 39.0 Å². The molecule has 0 saturated carbocycles. The Hall–Kier alpha value is -1.57. The largest absolute Gasteiger partial charge is 0.295 e. The number of rotatable bonds is 3. The summed E-state index contributed by atoms with van der Waals surface area (Å²) in [6.07, 6.45) is 0. The van der Waals surface area contributed by atoms with E-state index in [1.807, 2.05) is 0 Å². The maximum atomic E-state index is 11.5. The van der Waals surface area contributed by atoms with Crippen LogP contribution in [0.25, 0.3) is 10.8 Å². The molecule has 23 heavy (non-hydrogen) atoms. The molecule has 0 amide bonds. The molecule has 126 valence electrons. The maximum absolute atomic E-state index is 11.5. The van der Waals surface area contributed by atoms with Crippen LogP contribution in [0, 0.1) is 6.92 Å². The van der Waals surface area contributed by atoms with Crippen molar-refractivity contribution in [1.82, 2.24) is 0 Å². The fourth-order valence-electron chi connectivity index (χ4n) is 2.14. The summed E-state index contributed by atoms with van der Waals surface area (Å²) >= 11 is 0. The van der Waals surface area contributed by atoms with Crippen LogP contribution in [0.3, 0.4) is 0 Å². The lowest BCUT2D eigenvalue weighted by atomic mass is 10.1. The molecule has 0 aliphatic carbocycles. The molecule has 2 aromatic rings. The van der Waals surface area contributed by atoms with Crippen molar-refractivity contribution in [3.05, 3.63) is 29.8 Å². The first-order valence-corrected chi connectivity index (χ1v) is 10.0. The van der Waals surface area contributed by atoms with Gasteiger partial charge in [-0.25, -0.2) is 0 Å². The van der Waals surface area contributed by atoms with Crippen molar-refractivity contribution in [2.75, 3.05) is 0 Å². The summed E-state index contributed by atoms with van der Waals surface area (Å²) in [5.41, 5.74) is 0.196. The molecule has 0 aromatic heterocycles. The van der Waals surface area contributed by atoms with Gasteiger partial charge in [0.15, 0.2) is 0 Å². The van der Waals surface area contributed by atoms with Crippen molar-refractivity contribution in [1.29, 1.82) is 0 Å². The van der Waals surface area contributed by atoms with Crippen molar-refractivity contribution in [2.24, 2.45) is 0 Å². The first-order chi connectivity index (χ1) is 10.2. The fourth-order valence-corrected chi connectivity index (χ4v) is 4.23. The van der Waals surface area contributed by atoms with E-state index in [1.165, 1.54) is 13.0 Å². The van der Waals surface area contributed by atoms with Crippen LogP contribution in [-0.2, 0) is 30.4 Å². The highest BCUT2D eigenvalue weighted by atomic mass is 32.2. The quantitative estimate of drug-likeness (QED) is 0.654. The van der Waals surface area contributed by atoms with Crippen molar-refractivity contribution in [2.45, 2.75) is 21.6 Å². The molecule has 0 atom stereocenters. The summed E-state index contributed by atoms with van der Waals surface area (Å²) in [4.78, 5) is -2.63. The molecule has 2 aromatic carbocycles. The summed E-state index contributed by atoms with van der Waals surface area (Å²) in [5, 5.41) is -0.773. The number of benzene rings is 2. The van der Waals surface area contributed by atoms with Gasteiger partial charge >= 0.3 is 0 Å². The lowest BCUT2D eigenvalue weighted by molar-refractivity contribution is 0.478. The minimum Gasteiger partial charge on any atom is -0.282 e. The predicted octanol–water partition coefficient (Wildman–Crippen LogP) is 0.888. The van der Waals surface area contributed by atoms with Crippen LogP contribution in [-0.4, -0.2) is 38.9 Å². The molecule has 0 bridgehead atoms. The highest BCUT2D eigenvalue weighted by Crippen LogP contribution is 2.33. The normalized spacial score (nSPS) is 13.4. The van der Waals surface area contributed by atoms with E-state index in [4.69, 9.17) is 4.55 Å². The molecule has 0 unspecified atom stereocenters. The number of hydrogen-bond acceptors (Lipinski definition) is 6. The average Bonchev–Trinajstić information content (AvgIpc) is 2.34. The van der Waals surface area contributed by atoms with Gasteiger partial charge in [0.2, 0.25) is 0 Å². The van der Waals surface area contributed by atoms with E-state index >= 15 is 0 Å². The van der Waals surface area contributed by atoms with Gasteiger partial charge in [-0.05, 0) is 30.7 Å². The standard InChI is InChI=1S/C11H10O9S3/c1-6-2-3-9(22(15,16)17)8-4-7(21(12,13)14)5-10(11(6)8)23(18,19)20/h2-5H,1H3,(H,12,13,14)(H,15,16,17)(H,18,19,20). The summed E-state index contributed by atoms with van der Waals surface area (Å²) in [5.74, 6) is 0. The molecular weight excluding hydrogens is 372 g/mol. The van der Waals surface area contributed by atoms with Crippen LogP contribution in [0.5, 0.6) is 0 Å². The van der Waals surface area contributed by atoms with E-state index < -0.39 is 50.4 Å². The van der Waals surface area contributed by atoms with Gasteiger partial charge in [-0.3, -0.25) is 13.7 Å². The van der Waals surface area contributed by atoms with Crippen LogP contribution < -0.4 is 0 Å². The van der Waals surface area contributed by atoms with Crippen molar-refractivity contribution in [3.63, 3.8) is 0 Å². The summed E-state index contributed by atoms with van der Waals surface area (Å²) in [7, 11) is -14.7. The molecule has 12 heteroatoms. The van der Waals surface area contributed by atoms with Crippen molar-refractivity contribution < 1.29 is 38.9 Å². The molecule has 0 spiro atoms. The number of hydrogen-bond donors (Lipinski definition) is 3. The summed E-state index contributed by atoms with van der Waals surface area (Å²) < 4.78 is 96.0. The van der Waals surface area contributed by atoms with Gasteiger partial charge in [0, 0.05) is 10.8 Å². The maximum Gasteiger partial charge on any atom is 0.295 e. The second-order valence-electron chi connectivity index (χ2n) is 4.65. The molecule has 0 radical (unpaired) electrons. The lowest BCUT2D eigenvalue weighted by Crippen LogP contribution is -2.07. The second kappa shape index (κ2) is 5.22. The third-order valence-electron chi connectivity index (χ3n) is 3.07. The monoisotopic (exact) mass is 382 g/mol. The van der Waals surface area contributed by atoms with Gasteiger partial charge < -0.3 is 0 Å². The van der Waals surface area contributed by atoms with E-state index in [9.17, 15) is 34.4 Å². The van der Waals surface area contributed by atoms with Gasteiger partial charge in [-0.1, -0.05) is 6.07 Å². The molecule has 0 aliphatic rings. The molecule has 0 fully saturated rings. The van der Waals surface area contributed by atoms with Crippen LogP contribution in [0.1, 0.15) is 5.56 Å². The van der Waals surface area contributed by atoms with Crippen molar-refractivity contribution >= 4 is 41.1 Å². The molecule has 0 heterocycles. The van der Waals surface area contributed by atoms with E-state index in [1.54, 1.807) is 0 Å². The Bertz CT molecular complexity index is 1130. The first-order valence-electron chi connectivity index (χ1n) is 5.73. The molecular formula is C11H10O9S3. The smallest absolute Gasteiger partial charge is 0.282 e. The van der Waals surface area contributed by atoms with Gasteiger partial charge in [-0.2, -0.15) is 25.3 Å². The lowest BCUT2D eigenvalue weighted by Gasteiger charge is -2.12. The molecule has 0 saturated heterocycles. The van der Waals surface area contributed by atoms with E-state index in [0.29, 0.717) is 12.1 Å². The third kappa shape index (κ3) is 3.36. The SMILES string of the molecule is Cc1ccc(S(=O)(=O)O)c2cc(S(=O)(=O)O)cc(S(=O)(=O)O)c12. The van der Waals surface area contributed by atoms with E-state index in [-0.39, 0.29) is 10.9 Å². The Morgan fingerprint density at radius 3 is 1.70 bits per heavy atom. The Morgan fingerprint density at radius 1 is 0.739 bits per heavy atom. The second-order valence-corrected chi connectivity index (χ2v) is 8.85. The van der Waals surface area contributed by atoms with Gasteiger partial charge in [-0.15, -0.1) is 0 Å². The highest BCUT2D eigenvalue weighted by Gasteiger charge is 2.25. The van der Waals surface area contributed by atoms with Crippen LogP contribution in [0.2, 0.25) is 0 Å². The Kier molecular flexibility index (Phi) is 4.04. The van der Waals surface area contributed by atoms with Crippen molar-refractivity contribution in [3.8, 4) is 0 Å². The molecule has 3 N–H and O–H groups in total. The zero-order valence-corrected chi connectivity index (χ0v) is 13.8. The molecule has 0 aliphatic heterocycles. The fraction of sp³-hybridized carbons (Fsp3) is 0.0909. The number of aryl methyl sites for hydroxylation is 1. The number of fused-ring (bicyclic) bond motifs is 1. The molecule has 2 rings (SSSR count). The Labute approximate surface area is 131 Å². The average molecular weight is 382 g/mol. The topological polar surface area (TPSA) is 163 Å². The minimum absolute atomic E-state index is 0.196. The predicted molar refractivity (Wildman–Crippen MR) is 78.1 cm³/mol. The van der Waals surface area contributed by atoms with E-state index in [2.05, 4.69) is 0 Å². The van der Waals surface area contributed by atoms with E-state index in [0.717, 1.165) is 6.07 Å². The Morgan fingerprint density at radius 2 is 1.26 bits per heavy atom. The minimum atomic E-state index is -4.95. The zero-order chi connectivity index (χ0) is 17.8. The zero-order valence-electron chi connectivity index (χ0n) is 11.3. The highest BCUT2D eigenvalue weighted by molar-refractivity contribution is 7.87. The Balaban J connectivity index is 3.25.